The summed E-state index contributed by atoms with van der Waals surface area (Å²) in [5.41, 5.74) is 4.25. The molecule has 1 atom stereocenters. The molecule has 2 aromatic rings. The molecule has 31 heavy (non-hydrogen) atoms. The highest BCUT2D eigenvalue weighted by atomic mass is 16.5. The number of methoxy groups -OCH3 is 1. The average molecular weight is 424 g/mol. The van der Waals surface area contributed by atoms with Gasteiger partial charge in [-0.25, -0.2) is 0 Å². The van der Waals surface area contributed by atoms with Gasteiger partial charge < -0.3 is 19.9 Å². The predicted molar refractivity (Wildman–Crippen MR) is 116 cm³/mol. The monoisotopic (exact) mass is 423 g/mol. The lowest BCUT2D eigenvalue weighted by Crippen LogP contribution is -2.46. The fourth-order valence-corrected chi connectivity index (χ4v) is 5.06. The molecule has 8 heteroatoms. The van der Waals surface area contributed by atoms with Crippen molar-refractivity contribution in [2.75, 3.05) is 32.1 Å². The molecule has 0 saturated heterocycles. The molecule has 164 valence electrons. The van der Waals surface area contributed by atoms with Gasteiger partial charge in [0.2, 0.25) is 5.91 Å². The van der Waals surface area contributed by atoms with Crippen LogP contribution in [0.1, 0.15) is 47.1 Å². The molecule has 1 aromatic heterocycles. The summed E-state index contributed by atoms with van der Waals surface area (Å²) in [6.45, 7) is 4.18. The van der Waals surface area contributed by atoms with Crippen LogP contribution in [0.25, 0.3) is 0 Å². The summed E-state index contributed by atoms with van der Waals surface area (Å²) in [7, 11) is 1.68. The third-order valence-corrected chi connectivity index (χ3v) is 6.89. The van der Waals surface area contributed by atoms with Crippen LogP contribution in [-0.2, 0) is 28.9 Å². The van der Waals surface area contributed by atoms with E-state index in [1.165, 1.54) is 5.56 Å². The number of nitrogens with zero attached hydrogens (tertiary/aromatic N) is 3. The summed E-state index contributed by atoms with van der Waals surface area (Å²) in [6.07, 6.45) is 3.25. The Morgan fingerprint density at radius 3 is 2.84 bits per heavy atom. The van der Waals surface area contributed by atoms with Crippen LogP contribution in [-0.4, -0.2) is 70.2 Å². The fourth-order valence-electron chi connectivity index (χ4n) is 5.06. The summed E-state index contributed by atoms with van der Waals surface area (Å²) >= 11 is 0. The maximum absolute atomic E-state index is 13.4. The van der Waals surface area contributed by atoms with Crippen LogP contribution >= 0.6 is 0 Å². The number of amides is 2. The maximum Gasteiger partial charge on any atom is 0.272 e. The molecule has 1 aromatic carbocycles. The molecule has 2 aliphatic heterocycles. The zero-order valence-electron chi connectivity index (χ0n) is 18.1. The number of likely N-dealkylation sites (N-methyl/N-ethyl adjacent to an activating group) is 1. The standard InChI is InChI=1S/C23H29N5O3/c1-3-28(23(9-10-23)14-31-2)22(30)20-16-13-27(11-8-18(16)25-26-20)21(29)19-12-15-6-4-5-7-17(15)24-19/h4-7,19,24H,3,8-14H2,1-2H3,(H,25,26). The molecule has 8 nitrogen and oxygen atoms in total. The van der Waals surface area contributed by atoms with Crippen LogP contribution < -0.4 is 5.32 Å². The van der Waals surface area contributed by atoms with Gasteiger partial charge in [-0.2, -0.15) is 5.10 Å². The van der Waals surface area contributed by atoms with Crippen LogP contribution in [0.5, 0.6) is 0 Å². The molecular weight excluding hydrogens is 394 g/mol. The second-order valence-electron chi connectivity index (χ2n) is 8.80. The molecule has 1 saturated carbocycles. The number of benzene rings is 1. The number of rotatable bonds is 6. The Hall–Kier alpha value is -2.87. The Morgan fingerprint density at radius 1 is 1.32 bits per heavy atom. The van der Waals surface area contributed by atoms with E-state index in [0.717, 1.165) is 29.8 Å². The second-order valence-corrected chi connectivity index (χ2v) is 8.80. The zero-order valence-corrected chi connectivity index (χ0v) is 18.1. The van der Waals surface area contributed by atoms with Gasteiger partial charge in [-0.3, -0.25) is 14.7 Å². The quantitative estimate of drug-likeness (QED) is 0.741. The van der Waals surface area contributed by atoms with Crippen LogP contribution in [0.15, 0.2) is 24.3 Å². The van der Waals surface area contributed by atoms with E-state index in [1.54, 1.807) is 7.11 Å². The molecule has 0 bridgehead atoms. The summed E-state index contributed by atoms with van der Waals surface area (Å²) in [5.74, 6) is 0.0262. The SMILES string of the molecule is CCN(C(=O)c1[nH]nc2c1CN(C(=O)C1Cc3ccccc3N1)CC2)C1(COC)CC1. The average Bonchev–Trinajstić information content (AvgIpc) is 3.24. The van der Waals surface area contributed by atoms with Crippen LogP contribution in [0.3, 0.4) is 0 Å². The Kier molecular flexibility index (Phi) is 4.97. The number of hydrogen-bond acceptors (Lipinski definition) is 5. The fraction of sp³-hybridized carbons (Fsp3) is 0.522. The number of nitrogens with one attached hydrogen (secondary N) is 2. The van der Waals surface area contributed by atoms with E-state index < -0.39 is 0 Å². The van der Waals surface area contributed by atoms with Crippen molar-refractivity contribution in [3.8, 4) is 0 Å². The summed E-state index contributed by atoms with van der Waals surface area (Å²) in [6, 6.07) is 7.79. The number of ether oxygens (including phenoxy) is 1. The van der Waals surface area contributed by atoms with Gasteiger partial charge in [0, 0.05) is 50.8 Å². The van der Waals surface area contributed by atoms with Gasteiger partial charge in [-0.15, -0.1) is 0 Å². The van der Waals surface area contributed by atoms with E-state index in [2.05, 4.69) is 21.6 Å². The van der Waals surface area contributed by atoms with Crippen LogP contribution in [0.4, 0.5) is 5.69 Å². The molecular formula is C23H29N5O3. The number of carbonyl (C=O) groups excluding carboxylic acids is 2. The predicted octanol–water partition coefficient (Wildman–Crippen LogP) is 1.97. The van der Waals surface area contributed by atoms with E-state index in [9.17, 15) is 9.59 Å². The number of aromatic amines is 1. The molecule has 0 spiro atoms. The number of H-pyrrole nitrogens is 1. The zero-order chi connectivity index (χ0) is 21.6. The van der Waals surface area contributed by atoms with Crippen molar-refractivity contribution in [1.82, 2.24) is 20.0 Å². The summed E-state index contributed by atoms with van der Waals surface area (Å²) in [5, 5.41) is 10.7. The first-order valence-electron chi connectivity index (χ1n) is 11.1. The molecule has 0 radical (unpaired) electrons. The number of hydrogen-bond donors (Lipinski definition) is 2. The van der Waals surface area contributed by atoms with Crippen molar-refractivity contribution in [3.63, 3.8) is 0 Å². The van der Waals surface area contributed by atoms with Gasteiger partial charge in [0.15, 0.2) is 0 Å². The van der Waals surface area contributed by atoms with Crippen molar-refractivity contribution in [2.45, 2.75) is 50.7 Å². The summed E-state index contributed by atoms with van der Waals surface area (Å²) in [4.78, 5) is 30.4. The van der Waals surface area contributed by atoms with Gasteiger partial charge in [0.1, 0.15) is 11.7 Å². The lowest BCUT2D eigenvalue weighted by Gasteiger charge is -2.32. The lowest BCUT2D eigenvalue weighted by molar-refractivity contribution is -0.132. The van der Waals surface area contributed by atoms with Crippen molar-refractivity contribution >= 4 is 17.5 Å². The Labute approximate surface area is 181 Å². The highest BCUT2D eigenvalue weighted by molar-refractivity contribution is 5.95. The maximum atomic E-state index is 13.4. The Balaban J connectivity index is 1.33. The number of aromatic nitrogens is 2. The third kappa shape index (κ3) is 3.39. The van der Waals surface area contributed by atoms with Crippen molar-refractivity contribution < 1.29 is 14.3 Å². The lowest BCUT2D eigenvalue weighted by atomic mass is 10.0. The van der Waals surface area contributed by atoms with Crippen LogP contribution in [0.2, 0.25) is 0 Å². The van der Waals surface area contributed by atoms with Crippen molar-refractivity contribution in [2.24, 2.45) is 0 Å². The second kappa shape index (κ2) is 7.67. The topological polar surface area (TPSA) is 90.6 Å². The minimum Gasteiger partial charge on any atom is -0.382 e. The van der Waals surface area contributed by atoms with Gasteiger partial charge >= 0.3 is 0 Å². The molecule has 2 N–H and O–H groups in total. The molecule has 5 rings (SSSR count). The van der Waals surface area contributed by atoms with Gasteiger partial charge in [-0.05, 0) is 31.4 Å². The highest BCUT2D eigenvalue weighted by Crippen LogP contribution is 2.42. The number of fused-ring (bicyclic) bond motifs is 2. The van der Waals surface area contributed by atoms with Crippen molar-refractivity contribution in [1.29, 1.82) is 0 Å². The van der Waals surface area contributed by atoms with E-state index in [1.807, 2.05) is 34.9 Å². The highest BCUT2D eigenvalue weighted by Gasteiger charge is 2.50. The molecule has 1 fully saturated rings. The van der Waals surface area contributed by atoms with E-state index in [0.29, 0.717) is 44.8 Å². The minimum atomic E-state index is -0.256. The number of para-hydroxylation sites is 1. The van der Waals surface area contributed by atoms with Gasteiger partial charge in [0.25, 0.3) is 5.91 Å². The Bertz CT molecular complexity index is 987. The number of anilines is 1. The normalized spacial score (nSPS) is 20.6. The first kappa shape index (κ1) is 20.1. The molecule has 3 aliphatic rings. The molecule has 2 amide bonds. The van der Waals surface area contributed by atoms with Crippen LogP contribution in [0, 0.1) is 0 Å². The third-order valence-electron chi connectivity index (χ3n) is 6.89. The minimum absolute atomic E-state index is 0.0495. The van der Waals surface area contributed by atoms with E-state index >= 15 is 0 Å². The van der Waals surface area contributed by atoms with E-state index in [-0.39, 0.29) is 23.4 Å². The largest absolute Gasteiger partial charge is 0.382 e. The molecule has 1 unspecified atom stereocenters. The van der Waals surface area contributed by atoms with Gasteiger partial charge in [-0.1, -0.05) is 18.2 Å². The van der Waals surface area contributed by atoms with E-state index in [4.69, 9.17) is 4.74 Å². The molecule has 1 aliphatic carbocycles. The first-order valence-corrected chi connectivity index (χ1v) is 11.1. The van der Waals surface area contributed by atoms with Gasteiger partial charge in [0.05, 0.1) is 17.8 Å². The van der Waals surface area contributed by atoms with Crippen molar-refractivity contribution in [3.05, 3.63) is 46.8 Å². The first-order chi connectivity index (χ1) is 15.1. The summed E-state index contributed by atoms with van der Waals surface area (Å²) < 4.78 is 5.38. The number of carbonyl (C=O) groups is 2. The smallest absolute Gasteiger partial charge is 0.272 e. The molecule has 3 heterocycles. The Morgan fingerprint density at radius 2 is 2.13 bits per heavy atom.